The van der Waals surface area contributed by atoms with E-state index >= 15 is 0 Å². The highest BCUT2D eigenvalue weighted by Gasteiger charge is 2.51. The Morgan fingerprint density at radius 3 is 2.60 bits per heavy atom. The minimum atomic E-state index is -2.50. The molecule has 0 radical (unpaired) electrons. The van der Waals surface area contributed by atoms with Gasteiger partial charge in [0.25, 0.3) is 0 Å². The number of fused-ring (bicyclic) bond motifs is 5. The molecule has 0 saturated heterocycles. The van der Waals surface area contributed by atoms with Crippen LogP contribution in [0, 0.1) is 0 Å². The highest BCUT2D eigenvalue weighted by molar-refractivity contribution is 6.12. The summed E-state index contributed by atoms with van der Waals surface area (Å²) in [5.74, 6) is -4.51. The number of ether oxygens (including phenoxy) is 1. The van der Waals surface area contributed by atoms with Gasteiger partial charge in [-0.2, -0.15) is 5.10 Å². The molecular formula is C28H19N3O4. The lowest BCUT2D eigenvalue weighted by atomic mass is 9.81. The molecular weight excluding hydrogens is 442 g/mol. The van der Waals surface area contributed by atoms with Crippen molar-refractivity contribution >= 4 is 38.5 Å². The number of carbonyl (C=O) groups excluding carboxylic acids is 1. The number of H-pyrrole nitrogens is 2. The van der Waals surface area contributed by atoms with E-state index < -0.39 is 17.7 Å². The molecule has 0 spiro atoms. The van der Waals surface area contributed by atoms with Crippen LogP contribution in [0.2, 0.25) is 0 Å². The summed E-state index contributed by atoms with van der Waals surface area (Å²) in [6.07, 6.45) is 1.70. The molecule has 1 aliphatic heterocycles. The first-order valence-corrected chi connectivity index (χ1v) is 11.3. The zero-order valence-corrected chi connectivity index (χ0v) is 18.3. The standard InChI is InChI=1S/C28H19N3O4/c32-27-24(28(33,34)19-10-3-4-11-21(19)35-27)23-22-20(13-12-16-14-29-31-25(16)22)30-26(23)18-9-5-7-15-6-1-2-8-17(15)18/h1-14,24,30,33-34H,(H,29,31). The monoisotopic (exact) mass is 461 g/mol. The Morgan fingerprint density at radius 2 is 1.69 bits per heavy atom. The van der Waals surface area contributed by atoms with Gasteiger partial charge in [-0.25, -0.2) is 0 Å². The molecule has 1 aliphatic rings. The lowest BCUT2D eigenvalue weighted by Gasteiger charge is -2.35. The average molecular weight is 461 g/mol. The number of hydrogen-bond acceptors (Lipinski definition) is 5. The van der Waals surface area contributed by atoms with E-state index in [2.05, 4.69) is 15.2 Å². The summed E-state index contributed by atoms with van der Waals surface area (Å²) in [6, 6.07) is 24.2. The molecule has 0 saturated carbocycles. The Morgan fingerprint density at radius 1 is 0.886 bits per heavy atom. The maximum absolute atomic E-state index is 13.5. The molecule has 1 unspecified atom stereocenters. The Bertz CT molecular complexity index is 1790. The molecule has 4 aromatic carbocycles. The van der Waals surface area contributed by atoms with Crippen molar-refractivity contribution in [3.8, 4) is 17.0 Å². The number of aliphatic hydroxyl groups is 2. The molecule has 0 amide bonds. The molecule has 3 heterocycles. The maximum atomic E-state index is 13.5. The number of rotatable bonds is 2. The van der Waals surface area contributed by atoms with Crippen molar-refractivity contribution in [1.82, 2.24) is 15.2 Å². The normalized spacial score (nSPS) is 17.1. The predicted molar refractivity (Wildman–Crippen MR) is 132 cm³/mol. The van der Waals surface area contributed by atoms with Crippen LogP contribution in [0.3, 0.4) is 0 Å². The quantitative estimate of drug-likeness (QED) is 0.170. The predicted octanol–water partition coefficient (Wildman–Crippen LogP) is 4.70. The van der Waals surface area contributed by atoms with Gasteiger partial charge >= 0.3 is 5.97 Å². The first-order valence-electron chi connectivity index (χ1n) is 11.3. The highest BCUT2D eigenvalue weighted by Crippen LogP contribution is 2.50. The van der Waals surface area contributed by atoms with Crippen LogP contribution in [0.5, 0.6) is 5.75 Å². The number of aromatic nitrogens is 3. The van der Waals surface area contributed by atoms with E-state index in [-0.39, 0.29) is 11.3 Å². The molecule has 1 atom stereocenters. The summed E-state index contributed by atoms with van der Waals surface area (Å²) in [4.78, 5) is 16.9. The summed E-state index contributed by atoms with van der Waals surface area (Å²) in [6.45, 7) is 0. The van der Waals surface area contributed by atoms with Crippen molar-refractivity contribution in [2.24, 2.45) is 0 Å². The number of carbonyl (C=O) groups is 1. The molecule has 2 aromatic heterocycles. The second-order valence-corrected chi connectivity index (χ2v) is 8.84. The second-order valence-electron chi connectivity index (χ2n) is 8.84. The van der Waals surface area contributed by atoms with Gasteiger partial charge < -0.3 is 19.9 Å². The average Bonchev–Trinajstić information content (AvgIpc) is 3.48. The number of hydrogen-bond donors (Lipinski definition) is 4. The molecule has 7 nitrogen and oxygen atoms in total. The van der Waals surface area contributed by atoms with Gasteiger partial charge in [0.1, 0.15) is 11.7 Å². The summed E-state index contributed by atoms with van der Waals surface area (Å²) >= 11 is 0. The third kappa shape index (κ3) is 2.73. The van der Waals surface area contributed by atoms with E-state index in [0.29, 0.717) is 22.2 Å². The van der Waals surface area contributed by atoms with Crippen LogP contribution in [0.1, 0.15) is 17.0 Å². The minimum Gasteiger partial charge on any atom is -0.425 e. The Balaban J connectivity index is 1.62. The Hall–Kier alpha value is -4.46. The molecule has 6 aromatic rings. The first kappa shape index (κ1) is 20.0. The fourth-order valence-corrected chi connectivity index (χ4v) is 5.33. The van der Waals surface area contributed by atoms with Crippen LogP contribution >= 0.6 is 0 Å². The number of nitrogens with one attached hydrogen (secondary N) is 2. The second kappa shape index (κ2) is 7.02. The summed E-state index contributed by atoms with van der Waals surface area (Å²) < 4.78 is 5.63. The van der Waals surface area contributed by atoms with Crippen molar-refractivity contribution in [2.45, 2.75) is 11.7 Å². The molecule has 170 valence electrons. The zero-order chi connectivity index (χ0) is 23.7. The SMILES string of the molecule is O=C1Oc2ccccc2C(O)(O)C1c1c(-c2cccc3ccccc23)[nH]c2ccc3cn[nH]c3c12. The Labute approximate surface area is 198 Å². The van der Waals surface area contributed by atoms with Gasteiger partial charge in [0.05, 0.1) is 23.0 Å². The number of esters is 1. The van der Waals surface area contributed by atoms with E-state index in [9.17, 15) is 15.0 Å². The lowest BCUT2D eigenvalue weighted by Crippen LogP contribution is -2.44. The number of nitrogens with zero attached hydrogens (tertiary/aromatic N) is 1. The van der Waals surface area contributed by atoms with Crippen LogP contribution in [-0.4, -0.2) is 31.4 Å². The third-order valence-corrected chi connectivity index (χ3v) is 6.90. The van der Waals surface area contributed by atoms with Gasteiger partial charge in [0.2, 0.25) is 5.79 Å². The maximum Gasteiger partial charge on any atom is 0.324 e. The molecule has 0 bridgehead atoms. The highest BCUT2D eigenvalue weighted by atomic mass is 16.6. The van der Waals surface area contributed by atoms with E-state index in [4.69, 9.17) is 4.74 Å². The Kier molecular flexibility index (Phi) is 4.00. The van der Waals surface area contributed by atoms with Crippen LogP contribution in [0.15, 0.2) is 85.1 Å². The van der Waals surface area contributed by atoms with Gasteiger partial charge in [-0.05, 0) is 35.0 Å². The lowest BCUT2D eigenvalue weighted by molar-refractivity contribution is -0.205. The van der Waals surface area contributed by atoms with Crippen LogP contribution in [-0.2, 0) is 10.6 Å². The van der Waals surface area contributed by atoms with Crippen molar-refractivity contribution in [3.63, 3.8) is 0 Å². The largest absolute Gasteiger partial charge is 0.425 e. The molecule has 7 rings (SSSR count). The minimum absolute atomic E-state index is 0.136. The van der Waals surface area contributed by atoms with E-state index in [1.807, 2.05) is 54.6 Å². The van der Waals surface area contributed by atoms with Crippen LogP contribution in [0.25, 0.3) is 43.8 Å². The van der Waals surface area contributed by atoms with Gasteiger partial charge in [-0.1, -0.05) is 54.6 Å². The first-order chi connectivity index (χ1) is 17.0. The number of para-hydroxylation sites is 1. The summed E-state index contributed by atoms with van der Waals surface area (Å²) in [5.41, 5.74) is 3.47. The van der Waals surface area contributed by atoms with E-state index in [0.717, 1.165) is 27.2 Å². The van der Waals surface area contributed by atoms with Crippen molar-refractivity contribution < 1.29 is 19.7 Å². The number of benzene rings is 4. The molecule has 0 fully saturated rings. The molecule has 35 heavy (non-hydrogen) atoms. The molecule has 0 aliphatic carbocycles. The van der Waals surface area contributed by atoms with Gasteiger partial charge in [-0.15, -0.1) is 0 Å². The van der Waals surface area contributed by atoms with Crippen LogP contribution in [0.4, 0.5) is 0 Å². The van der Waals surface area contributed by atoms with E-state index in [1.54, 1.807) is 30.5 Å². The summed E-state index contributed by atoms with van der Waals surface area (Å²) in [7, 11) is 0. The van der Waals surface area contributed by atoms with E-state index in [1.165, 1.54) is 0 Å². The van der Waals surface area contributed by atoms with Crippen LogP contribution < -0.4 is 4.74 Å². The van der Waals surface area contributed by atoms with Gasteiger partial charge in [-0.3, -0.25) is 9.89 Å². The van der Waals surface area contributed by atoms with Crippen molar-refractivity contribution in [1.29, 1.82) is 0 Å². The van der Waals surface area contributed by atoms with Crippen molar-refractivity contribution in [3.05, 3.63) is 96.2 Å². The third-order valence-electron chi connectivity index (χ3n) is 6.90. The molecule has 4 N–H and O–H groups in total. The van der Waals surface area contributed by atoms with Crippen molar-refractivity contribution in [2.75, 3.05) is 0 Å². The fourth-order valence-electron chi connectivity index (χ4n) is 5.33. The van der Waals surface area contributed by atoms with Gasteiger partial charge in [0.15, 0.2) is 0 Å². The molecule has 7 heteroatoms. The number of aromatic amines is 2. The fraction of sp³-hybridized carbons (Fsp3) is 0.0714. The zero-order valence-electron chi connectivity index (χ0n) is 18.3. The summed E-state index contributed by atoms with van der Waals surface area (Å²) in [5, 5.41) is 33.7. The topological polar surface area (TPSA) is 111 Å². The van der Waals surface area contributed by atoms with Gasteiger partial charge in [0, 0.05) is 27.4 Å². The smallest absolute Gasteiger partial charge is 0.324 e.